The molecule has 0 unspecified atom stereocenters. The number of thiophene rings is 1. The minimum Gasteiger partial charge on any atom is -0.489 e. The van der Waals surface area contributed by atoms with Crippen molar-refractivity contribution < 1.29 is 60.0 Å². The molecule has 5 N–H and O–H groups in total. The molecule has 3 amide bonds. The minimum atomic E-state index is -0.283. The lowest BCUT2D eigenvalue weighted by atomic mass is 10.2. The number of carbonyl (C=O) groups excluding carboxylic acids is 3. The Balaban J connectivity index is 0.000000154. The molecule has 8 aromatic heterocycles. The fourth-order valence-electron chi connectivity index (χ4n) is 13.5. The zero-order valence-electron chi connectivity index (χ0n) is 74.6. The molecule has 10 aromatic carbocycles. The summed E-state index contributed by atoms with van der Waals surface area (Å²) in [5.41, 5.74) is 16.4. The number of nitrogens with zero attached hydrogens (tertiary/aromatic N) is 8. The molecule has 0 fully saturated rings. The number of benzene rings is 10. The van der Waals surface area contributed by atoms with Gasteiger partial charge in [0.05, 0.1) is 34.2 Å². The quantitative estimate of drug-likeness (QED) is 0.0247. The Labute approximate surface area is 802 Å². The van der Waals surface area contributed by atoms with E-state index in [4.69, 9.17) is 23.7 Å². The van der Waals surface area contributed by atoms with Crippen molar-refractivity contribution in [2.24, 2.45) is 0 Å². The van der Waals surface area contributed by atoms with E-state index in [0.717, 1.165) is 88.3 Å². The molecule has 21 nitrogen and oxygen atoms in total. The standard InChI is InChI=1S/C23H20FN3O.C22H19FN4O.C22H18FN3O2.C21H19FN2O2.C21H20FNO2S.2CH4/c1-17(23-8-4-6-20-13-14-26-27(20)23)25-15-18-9-11-21(12-10-18)28-16-19-5-2-3-7-22(19)24;1-16(20-6-4-12-27-15-25-26-22(20)27)24-13-17-8-10-19(11-9-17)28-14-18-5-2-3-7-21(18)23;23-19-6-2-1-5-17(19)15-28-18-10-8-16(9-11-18)13-25-22(27)20-14-24-21-7-3-4-12-26(20)21;1-15-5-4-8-20(24-15)21(25)23-13-16-9-11-18(12-10-16)26-14-17-6-2-3-7-19(17)22;1-14-11-20(26-15(14)2)21(24)23-12-16-7-9-18(10-8-16)25-13-17-5-3-4-6-19(17)22;;/h2-14,25H,1,15-16H2;2-12,15,24H,1,13-14H2;1-12,14H,13,15H2,(H,25,27);2-12H,13-14H2,1H3,(H,23,25);3-11H,12-13H2,1-2H3,(H,23,24);2*1H4. The Morgan fingerprint density at radius 1 is 0.391 bits per heavy atom. The molecule has 0 atom stereocenters. The van der Waals surface area contributed by atoms with Crippen LogP contribution in [-0.2, 0) is 65.8 Å². The van der Waals surface area contributed by atoms with Crippen molar-refractivity contribution in [3.05, 3.63) is 494 Å². The van der Waals surface area contributed by atoms with Crippen LogP contribution >= 0.6 is 11.3 Å². The van der Waals surface area contributed by atoms with Crippen LogP contribution in [0, 0.1) is 49.9 Å². The molecule has 138 heavy (non-hydrogen) atoms. The highest BCUT2D eigenvalue weighted by Crippen LogP contribution is 2.26. The number of pyridine rings is 4. The van der Waals surface area contributed by atoms with E-state index in [1.54, 1.807) is 157 Å². The molecule has 0 bridgehead atoms. The summed E-state index contributed by atoms with van der Waals surface area (Å²) in [6, 6.07) is 95.0. The number of aryl methyl sites for hydroxylation is 3. The van der Waals surface area contributed by atoms with Crippen LogP contribution in [-0.4, -0.2) is 56.3 Å². The summed E-state index contributed by atoms with van der Waals surface area (Å²) in [7, 11) is 0. The van der Waals surface area contributed by atoms with Crippen LogP contribution in [0.25, 0.3) is 28.2 Å². The van der Waals surface area contributed by atoms with Gasteiger partial charge >= 0.3 is 0 Å². The Morgan fingerprint density at radius 2 is 0.790 bits per heavy atom. The van der Waals surface area contributed by atoms with Gasteiger partial charge in [0.25, 0.3) is 17.7 Å². The number of fused-ring (bicyclic) bond motifs is 3. The molecule has 0 aliphatic rings. The first-order valence-electron chi connectivity index (χ1n) is 43.4. The maximum absolute atomic E-state index is 13.6. The van der Waals surface area contributed by atoms with E-state index < -0.39 is 0 Å². The lowest BCUT2D eigenvalue weighted by Crippen LogP contribution is -2.24. The van der Waals surface area contributed by atoms with Crippen LogP contribution in [0.1, 0.15) is 129 Å². The molecule has 0 saturated heterocycles. The topological polar surface area (TPSA) is 235 Å². The maximum atomic E-state index is 13.6. The third-order valence-corrected chi connectivity index (χ3v) is 22.4. The number of imidazole rings is 1. The van der Waals surface area contributed by atoms with E-state index in [2.05, 4.69) is 65.0 Å². The van der Waals surface area contributed by atoms with Crippen molar-refractivity contribution >= 4 is 57.3 Å². The van der Waals surface area contributed by atoms with E-state index in [1.165, 1.54) is 41.7 Å². The summed E-state index contributed by atoms with van der Waals surface area (Å²) in [6.07, 6.45) is 8.69. The van der Waals surface area contributed by atoms with Crippen LogP contribution in [0.2, 0.25) is 0 Å². The molecule has 27 heteroatoms. The third kappa shape index (κ3) is 28.9. The first-order valence-corrected chi connectivity index (χ1v) is 44.2. The Hall–Kier alpha value is -16.8. The van der Waals surface area contributed by atoms with Crippen molar-refractivity contribution in [2.75, 3.05) is 0 Å². The molecule has 8 heterocycles. The molecule has 0 radical (unpaired) electrons. The fraction of sp³-hybridized carbons (Fsp3) is 0.135. The van der Waals surface area contributed by atoms with Crippen molar-refractivity contribution in [1.29, 1.82) is 0 Å². The summed E-state index contributed by atoms with van der Waals surface area (Å²) in [4.78, 5) is 47.0. The maximum Gasteiger partial charge on any atom is 0.270 e. The number of carbonyl (C=O) groups is 3. The lowest BCUT2D eigenvalue weighted by molar-refractivity contribution is 0.0937. The predicted octanol–water partition coefficient (Wildman–Crippen LogP) is 23.3. The predicted molar refractivity (Wildman–Crippen MR) is 531 cm³/mol. The van der Waals surface area contributed by atoms with Crippen LogP contribution in [0.3, 0.4) is 0 Å². The Bertz CT molecular complexity index is 6850. The van der Waals surface area contributed by atoms with E-state index in [0.29, 0.717) is 101 Å². The van der Waals surface area contributed by atoms with Gasteiger partial charge in [-0.15, -0.1) is 21.5 Å². The highest BCUT2D eigenvalue weighted by Gasteiger charge is 2.17. The second kappa shape index (κ2) is 50.3. The molecule has 0 aliphatic carbocycles. The van der Waals surface area contributed by atoms with Gasteiger partial charge in [0.15, 0.2) is 5.65 Å². The molecule has 18 aromatic rings. The van der Waals surface area contributed by atoms with E-state index in [9.17, 15) is 36.3 Å². The van der Waals surface area contributed by atoms with Crippen LogP contribution < -0.4 is 50.3 Å². The number of halogens is 5. The normalized spacial score (nSPS) is 10.5. The summed E-state index contributed by atoms with van der Waals surface area (Å²) in [5, 5.41) is 27.7. The number of ether oxygens (including phenoxy) is 5. The first-order chi connectivity index (χ1) is 66.2. The zero-order chi connectivity index (χ0) is 94.9. The number of hydrogen-bond donors (Lipinski definition) is 5. The van der Waals surface area contributed by atoms with Gasteiger partial charge in [-0.2, -0.15) is 5.10 Å². The third-order valence-electron chi connectivity index (χ3n) is 21.3. The van der Waals surface area contributed by atoms with Gasteiger partial charge in [-0.1, -0.05) is 198 Å². The van der Waals surface area contributed by atoms with Crippen LogP contribution in [0.15, 0.2) is 366 Å². The SMILES string of the molecule is C.C.C=C(NCc1ccc(OCc2ccccc2F)cc1)c1cccc2ccnn12.C=C(NCc1ccc(OCc2ccccc2F)cc1)c1cccn2cnnc12.Cc1cc(C(=O)NCc2ccc(OCc3ccccc3F)cc2)sc1C.Cc1cccc(C(=O)NCc2ccc(OCc3ccccc3F)cc2)n1.O=C(NCc1ccc(OCc2ccccc2F)cc1)c1cnc2ccccn12. The van der Waals surface area contributed by atoms with E-state index >= 15 is 0 Å². The van der Waals surface area contributed by atoms with E-state index in [-0.39, 0.29) is 94.7 Å². The average Bonchev–Trinajstić information content (AvgIpc) is 1.68. The second-order valence-corrected chi connectivity index (χ2v) is 32.2. The summed E-state index contributed by atoms with van der Waals surface area (Å²) in [5.74, 6) is 1.51. The molecule has 0 spiro atoms. The number of hydrogen-bond acceptors (Lipinski definition) is 16. The fourth-order valence-corrected chi connectivity index (χ4v) is 14.5. The Morgan fingerprint density at radius 3 is 1.21 bits per heavy atom. The summed E-state index contributed by atoms with van der Waals surface area (Å²) >= 11 is 1.50. The monoisotopic (exact) mass is 1870 g/mol. The minimum absolute atomic E-state index is 0. The first kappa shape index (κ1) is 100. The van der Waals surface area contributed by atoms with Gasteiger partial charge in [0.2, 0.25) is 0 Å². The Kier molecular flexibility index (Phi) is 36.5. The number of nitrogens with one attached hydrogen (secondary N) is 5. The summed E-state index contributed by atoms with van der Waals surface area (Å²) in [6.45, 7) is 17.5. The zero-order valence-corrected chi connectivity index (χ0v) is 75.4. The highest BCUT2D eigenvalue weighted by molar-refractivity contribution is 7.14. The van der Waals surface area contributed by atoms with Crippen LogP contribution in [0.5, 0.6) is 28.7 Å². The largest absolute Gasteiger partial charge is 0.489 e. The molecular formula is C111H104F5N13O8S. The number of rotatable bonds is 32. The van der Waals surface area contributed by atoms with Gasteiger partial charge < -0.3 is 50.3 Å². The molecule has 702 valence electrons. The number of aromatic nitrogens is 8. The van der Waals surface area contributed by atoms with Crippen LogP contribution in [0.4, 0.5) is 22.0 Å². The van der Waals surface area contributed by atoms with Gasteiger partial charge in [-0.05, 0) is 206 Å². The smallest absolute Gasteiger partial charge is 0.270 e. The van der Waals surface area contributed by atoms with E-state index in [1.807, 2.05) is 200 Å². The lowest BCUT2D eigenvalue weighted by Gasteiger charge is -2.12. The van der Waals surface area contributed by atoms with Crippen molar-refractivity contribution in [1.82, 2.24) is 65.2 Å². The molecule has 0 saturated carbocycles. The molecule has 0 aliphatic heterocycles. The number of amides is 3. The summed E-state index contributed by atoms with van der Waals surface area (Å²) < 4.78 is 102. The molecule has 18 rings (SSSR count). The van der Waals surface area contributed by atoms with Gasteiger partial charge in [0.1, 0.15) is 114 Å². The van der Waals surface area contributed by atoms with Gasteiger partial charge in [0, 0.05) is 94.8 Å². The average molecular weight is 1880 g/mol. The highest BCUT2D eigenvalue weighted by atomic mass is 32.1. The molecular weight excluding hydrogens is 1770 g/mol. The van der Waals surface area contributed by atoms with Crippen molar-refractivity contribution in [3.8, 4) is 28.7 Å². The second-order valence-electron chi connectivity index (χ2n) is 31.0. The van der Waals surface area contributed by atoms with Crippen molar-refractivity contribution in [2.45, 2.75) is 101 Å². The van der Waals surface area contributed by atoms with Crippen molar-refractivity contribution in [3.63, 3.8) is 0 Å². The van der Waals surface area contributed by atoms with Gasteiger partial charge in [-0.3, -0.25) is 23.2 Å². The van der Waals surface area contributed by atoms with Gasteiger partial charge in [-0.25, -0.2) is 36.4 Å².